The Hall–Kier alpha value is -3.40. The topological polar surface area (TPSA) is 34.6 Å². The Morgan fingerprint density at radius 3 is 1.68 bits per heavy atom. The molecule has 0 spiro atoms. The predicted molar refractivity (Wildman–Crippen MR) is 99.6 cm³/mol. The van der Waals surface area contributed by atoms with Crippen LogP contribution < -0.4 is 0 Å². The monoisotopic (exact) mass is 324 g/mol. The molecule has 0 saturated heterocycles. The summed E-state index contributed by atoms with van der Waals surface area (Å²) in [4.78, 5) is 9.48. The predicted octanol–water partition coefficient (Wildman–Crippen LogP) is 4.62. The molecule has 0 N–H and O–H groups in total. The molecule has 0 fully saturated rings. The average Bonchev–Trinajstić information content (AvgIpc) is 3.25. The van der Waals surface area contributed by atoms with E-state index < -0.39 is 0 Å². The van der Waals surface area contributed by atoms with Crippen molar-refractivity contribution < 1.29 is 0 Å². The summed E-state index contributed by atoms with van der Waals surface area (Å²) in [5.74, 6) is 0. The number of rotatable bonds is 2. The fourth-order valence-electron chi connectivity index (χ4n) is 3.23. The molecular weight excluding hydrogens is 308 g/mol. The first-order valence-corrected chi connectivity index (χ1v) is 8.26. The number of hydrogen-bond donors (Lipinski definition) is 0. The molecule has 4 nitrogen and oxygen atoms in total. The highest BCUT2D eigenvalue weighted by atomic mass is 15.0. The number of imidazole rings is 2. The first-order valence-electron chi connectivity index (χ1n) is 8.26. The highest BCUT2D eigenvalue weighted by molar-refractivity contribution is 5.72. The van der Waals surface area contributed by atoms with Gasteiger partial charge in [-0.1, -0.05) is 12.1 Å². The van der Waals surface area contributed by atoms with Gasteiger partial charge in [-0.2, -0.15) is 0 Å². The summed E-state index contributed by atoms with van der Waals surface area (Å²) in [6.45, 7) is 2.11. The van der Waals surface area contributed by atoms with Crippen molar-refractivity contribution in [3.63, 3.8) is 0 Å². The van der Waals surface area contributed by atoms with Gasteiger partial charge in [-0.25, -0.2) is 9.97 Å². The zero-order valence-electron chi connectivity index (χ0n) is 13.8. The van der Waals surface area contributed by atoms with Crippen LogP contribution >= 0.6 is 0 Å². The Balaban J connectivity index is 1.66. The van der Waals surface area contributed by atoms with E-state index in [-0.39, 0.29) is 0 Å². The van der Waals surface area contributed by atoms with Crippen LogP contribution in [0.2, 0.25) is 0 Å². The minimum atomic E-state index is 0.952. The number of pyridine rings is 2. The van der Waals surface area contributed by atoms with Crippen molar-refractivity contribution in [3.8, 4) is 22.5 Å². The average molecular weight is 324 g/mol. The van der Waals surface area contributed by atoms with E-state index in [9.17, 15) is 0 Å². The van der Waals surface area contributed by atoms with E-state index in [1.54, 1.807) is 0 Å². The molecule has 0 amide bonds. The molecule has 5 aromatic rings. The quantitative estimate of drug-likeness (QED) is 0.475. The van der Waals surface area contributed by atoms with Crippen molar-refractivity contribution in [1.82, 2.24) is 18.8 Å². The zero-order valence-corrected chi connectivity index (χ0v) is 13.8. The van der Waals surface area contributed by atoms with Crippen molar-refractivity contribution >= 4 is 11.3 Å². The maximum atomic E-state index is 4.74. The van der Waals surface area contributed by atoms with Gasteiger partial charge >= 0.3 is 0 Å². The van der Waals surface area contributed by atoms with Gasteiger partial charge in [-0.3, -0.25) is 0 Å². The van der Waals surface area contributed by atoms with Gasteiger partial charge < -0.3 is 8.80 Å². The number of aromatic nitrogens is 4. The smallest absolute Gasteiger partial charge is 0.137 e. The first kappa shape index (κ1) is 14.0. The SMILES string of the molecule is Cc1cc(-c2cn3ccccc3n2)cc(-c2cn3ccccc3n2)c1. The van der Waals surface area contributed by atoms with Crippen LogP contribution in [0.3, 0.4) is 0 Å². The fraction of sp³-hybridized carbons (Fsp3) is 0.0476. The molecule has 0 atom stereocenters. The lowest BCUT2D eigenvalue weighted by Crippen LogP contribution is -1.84. The Morgan fingerprint density at radius 2 is 1.20 bits per heavy atom. The van der Waals surface area contributed by atoms with Crippen molar-refractivity contribution in [2.45, 2.75) is 6.92 Å². The van der Waals surface area contributed by atoms with Crippen LogP contribution in [-0.2, 0) is 0 Å². The number of aryl methyl sites for hydroxylation is 1. The van der Waals surface area contributed by atoms with Gasteiger partial charge in [0.25, 0.3) is 0 Å². The minimum absolute atomic E-state index is 0.952. The summed E-state index contributed by atoms with van der Waals surface area (Å²) in [5.41, 5.74) is 7.26. The van der Waals surface area contributed by atoms with Crippen molar-refractivity contribution in [1.29, 1.82) is 0 Å². The molecule has 4 heteroatoms. The lowest BCUT2D eigenvalue weighted by Gasteiger charge is -2.04. The van der Waals surface area contributed by atoms with Gasteiger partial charge in [-0.05, 0) is 55.0 Å². The highest BCUT2D eigenvalue weighted by Gasteiger charge is 2.09. The molecule has 4 aromatic heterocycles. The standard InChI is InChI=1S/C21H16N4/c1-15-10-16(18-13-24-8-4-2-6-20(24)22-18)12-17(11-15)19-14-25-9-5-3-7-21(25)23-19/h2-14H,1H3. The van der Waals surface area contributed by atoms with Crippen molar-refractivity contribution in [2.75, 3.05) is 0 Å². The fourth-order valence-corrected chi connectivity index (χ4v) is 3.23. The van der Waals surface area contributed by atoms with Crippen LogP contribution in [-0.4, -0.2) is 18.8 Å². The summed E-state index contributed by atoms with van der Waals surface area (Å²) >= 11 is 0. The molecule has 0 aliphatic rings. The third-order valence-electron chi connectivity index (χ3n) is 4.40. The van der Waals surface area contributed by atoms with E-state index in [2.05, 4.69) is 37.5 Å². The van der Waals surface area contributed by atoms with Crippen LogP contribution in [0.1, 0.15) is 5.56 Å². The normalized spacial score (nSPS) is 11.4. The number of hydrogen-bond acceptors (Lipinski definition) is 2. The van der Waals surface area contributed by atoms with Crippen LogP contribution in [0.15, 0.2) is 79.4 Å². The maximum absolute atomic E-state index is 4.74. The molecule has 4 heterocycles. The summed E-state index contributed by atoms with van der Waals surface area (Å²) < 4.78 is 4.09. The third kappa shape index (κ3) is 2.39. The zero-order chi connectivity index (χ0) is 16.8. The van der Waals surface area contributed by atoms with Crippen molar-refractivity contribution in [3.05, 3.63) is 84.9 Å². The largest absolute Gasteiger partial charge is 0.306 e. The lowest BCUT2D eigenvalue weighted by molar-refractivity contribution is 1.19. The van der Waals surface area contributed by atoms with Gasteiger partial charge in [-0.15, -0.1) is 0 Å². The maximum Gasteiger partial charge on any atom is 0.137 e. The Labute approximate surface area is 145 Å². The van der Waals surface area contributed by atoms with E-state index in [1.807, 2.05) is 57.6 Å². The summed E-state index contributed by atoms with van der Waals surface area (Å²) in [7, 11) is 0. The van der Waals surface area contributed by atoms with Gasteiger partial charge in [0.15, 0.2) is 0 Å². The van der Waals surface area contributed by atoms with Gasteiger partial charge in [0, 0.05) is 35.9 Å². The molecule has 0 bridgehead atoms. The second kappa shape index (κ2) is 5.31. The number of benzene rings is 1. The second-order valence-electron chi connectivity index (χ2n) is 6.27. The van der Waals surface area contributed by atoms with E-state index in [0.717, 1.165) is 33.8 Å². The summed E-state index contributed by atoms with van der Waals surface area (Å²) in [6.07, 6.45) is 8.17. The molecular formula is C21H16N4. The molecule has 0 aliphatic carbocycles. The third-order valence-corrected chi connectivity index (χ3v) is 4.40. The van der Waals surface area contributed by atoms with Crippen LogP contribution in [0.25, 0.3) is 33.8 Å². The van der Waals surface area contributed by atoms with Crippen LogP contribution in [0.5, 0.6) is 0 Å². The van der Waals surface area contributed by atoms with Gasteiger partial charge in [0.05, 0.1) is 11.4 Å². The van der Waals surface area contributed by atoms with Crippen molar-refractivity contribution in [2.24, 2.45) is 0 Å². The molecule has 0 saturated carbocycles. The summed E-state index contributed by atoms with van der Waals surface area (Å²) in [6, 6.07) is 18.6. The van der Waals surface area contributed by atoms with E-state index in [1.165, 1.54) is 5.56 Å². The Bertz CT molecular complexity index is 1050. The molecule has 5 rings (SSSR count). The van der Waals surface area contributed by atoms with E-state index in [0.29, 0.717) is 0 Å². The number of nitrogens with zero attached hydrogens (tertiary/aromatic N) is 4. The molecule has 0 aliphatic heterocycles. The minimum Gasteiger partial charge on any atom is -0.306 e. The Morgan fingerprint density at radius 1 is 0.680 bits per heavy atom. The van der Waals surface area contributed by atoms with Crippen LogP contribution in [0, 0.1) is 6.92 Å². The molecule has 25 heavy (non-hydrogen) atoms. The van der Waals surface area contributed by atoms with Gasteiger partial charge in [0.2, 0.25) is 0 Å². The molecule has 1 aromatic carbocycles. The second-order valence-corrected chi connectivity index (χ2v) is 6.27. The number of fused-ring (bicyclic) bond motifs is 2. The van der Waals surface area contributed by atoms with E-state index in [4.69, 9.17) is 9.97 Å². The summed E-state index contributed by atoms with van der Waals surface area (Å²) in [5, 5.41) is 0. The lowest BCUT2D eigenvalue weighted by atomic mass is 10.0. The van der Waals surface area contributed by atoms with E-state index >= 15 is 0 Å². The van der Waals surface area contributed by atoms with Crippen LogP contribution in [0.4, 0.5) is 0 Å². The molecule has 0 radical (unpaired) electrons. The highest BCUT2D eigenvalue weighted by Crippen LogP contribution is 2.27. The molecule has 120 valence electrons. The molecule has 0 unspecified atom stereocenters. The first-order chi connectivity index (χ1) is 12.3. The Kier molecular flexibility index (Phi) is 2.97. The van der Waals surface area contributed by atoms with Gasteiger partial charge in [0.1, 0.15) is 11.3 Å².